The molecule has 23 heavy (non-hydrogen) atoms. The molecule has 2 aromatic rings. The normalized spacial score (nSPS) is 18.2. The summed E-state index contributed by atoms with van der Waals surface area (Å²) >= 11 is 0. The second kappa shape index (κ2) is 5.53. The Labute approximate surface area is 135 Å². The number of nitrogens with zero attached hydrogens (tertiary/aromatic N) is 2. The highest BCUT2D eigenvalue weighted by molar-refractivity contribution is 5.76. The van der Waals surface area contributed by atoms with Gasteiger partial charge in [0.15, 0.2) is 0 Å². The van der Waals surface area contributed by atoms with Gasteiger partial charge in [-0.15, -0.1) is 0 Å². The van der Waals surface area contributed by atoms with Gasteiger partial charge in [-0.2, -0.15) is 0 Å². The van der Waals surface area contributed by atoms with Crippen molar-refractivity contribution in [1.29, 1.82) is 0 Å². The Balaban J connectivity index is 1.70. The van der Waals surface area contributed by atoms with Crippen LogP contribution in [-0.4, -0.2) is 44.8 Å². The van der Waals surface area contributed by atoms with Crippen LogP contribution in [0.2, 0.25) is 0 Å². The SMILES string of the molecule is CC(C)(C)OC(=O)N1CCC(O)(c2cc3cccnc3[nH]2)CC1. The van der Waals surface area contributed by atoms with Crippen LogP contribution in [0.4, 0.5) is 4.79 Å². The number of hydrogen-bond donors (Lipinski definition) is 2. The van der Waals surface area contributed by atoms with Crippen LogP contribution in [0, 0.1) is 0 Å². The van der Waals surface area contributed by atoms with Crippen molar-refractivity contribution in [1.82, 2.24) is 14.9 Å². The molecule has 0 unspecified atom stereocenters. The van der Waals surface area contributed by atoms with Crippen LogP contribution in [0.25, 0.3) is 11.0 Å². The molecule has 0 atom stereocenters. The van der Waals surface area contributed by atoms with Gasteiger partial charge >= 0.3 is 6.09 Å². The van der Waals surface area contributed by atoms with Crippen molar-refractivity contribution in [2.24, 2.45) is 0 Å². The number of fused-ring (bicyclic) bond motifs is 1. The first kappa shape index (κ1) is 15.8. The van der Waals surface area contributed by atoms with E-state index in [2.05, 4.69) is 9.97 Å². The largest absolute Gasteiger partial charge is 0.444 e. The van der Waals surface area contributed by atoms with E-state index in [1.54, 1.807) is 11.1 Å². The summed E-state index contributed by atoms with van der Waals surface area (Å²) in [7, 11) is 0. The second-order valence-electron chi connectivity index (χ2n) is 7.12. The average molecular weight is 317 g/mol. The van der Waals surface area contributed by atoms with Crippen molar-refractivity contribution in [2.75, 3.05) is 13.1 Å². The first-order valence-corrected chi connectivity index (χ1v) is 7.91. The summed E-state index contributed by atoms with van der Waals surface area (Å²) in [5.74, 6) is 0. The Bertz CT molecular complexity index is 676. The number of aromatic nitrogens is 2. The molecule has 6 nitrogen and oxygen atoms in total. The second-order valence-corrected chi connectivity index (χ2v) is 7.12. The number of ether oxygens (including phenoxy) is 1. The molecule has 0 aromatic carbocycles. The summed E-state index contributed by atoms with van der Waals surface area (Å²) in [6.07, 6.45) is 2.34. The number of aromatic amines is 1. The summed E-state index contributed by atoms with van der Waals surface area (Å²) in [6.45, 7) is 6.48. The number of hydrogen-bond acceptors (Lipinski definition) is 4. The van der Waals surface area contributed by atoms with E-state index in [0.717, 1.165) is 16.7 Å². The number of rotatable bonds is 1. The van der Waals surface area contributed by atoms with Crippen molar-refractivity contribution in [3.8, 4) is 0 Å². The maximum Gasteiger partial charge on any atom is 0.410 e. The number of piperidine rings is 1. The van der Waals surface area contributed by atoms with Crippen molar-refractivity contribution in [3.05, 3.63) is 30.1 Å². The predicted octanol–water partition coefficient (Wildman–Crippen LogP) is 2.78. The highest BCUT2D eigenvalue weighted by atomic mass is 16.6. The molecule has 6 heteroatoms. The number of H-pyrrole nitrogens is 1. The summed E-state index contributed by atoms with van der Waals surface area (Å²) in [5.41, 5.74) is 0.0629. The number of amides is 1. The molecule has 1 amide bonds. The summed E-state index contributed by atoms with van der Waals surface area (Å²) in [5, 5.41) is 11.9. The van der Waals surface area contributed by atoms with E-state index in [4.69, 9.17) is 4.74 Å². The van der Waals surface area contributed by atoms with Crippen LogP contribution in [0.5, 0.6) is 0 Å². The van der Waals surface area contributed by atoms with E-state index in [0.29, 0.717) is 25.9 Å². The van der Waals surface area contributed by atoms with Gasteiger partial charge < -0.3 is 19.7 Å². The van der Waals surface area contributed by atoms with Gasteiger partial charge in [0.2, 0.25) is 0 Å². The molecule has 0 aliphatic carbocycles. The van der Waals surface area contributed by atoms with Gasteiger partial charge in [-0.05, 0) is 51.8 Å². The first-order valence-electron chi connectivity index (χ1n) is 7.91. The van der Waals surface area contributed by atoms with Crippen molar-refractivity contribution in [3.63, 3.8) is 0 Å². The fourth-order valence-electron chi connectivity index (χ4n) is 2.86. The van der Waals surface area contributed by atoms with Crippen molar-refractivity contribution in [2.45, 2.75) is 44.8 Å². The van der Waals surface area contributed by atoms with E-state index in [-0.39, 0.29) is 6.09 Å². The predicted molar refractivity (Wildman–Crippen MR) is 87.0 cm³/mol. The zero-order chi connectivity index (χ0) is 16.7. The maximum absolute atomic E-state index is 12.1. The van der Waals surface area contributed by atoms with Gasteiger partial charge in [0.25, 0.3) is 0 Å². The lowest BCUT2D eigenvalue weighted by Gasteiger charge is -2.38. The monoisotopic (exact) mass is 317 g/mol. The molecular weight excluding hydrogens is 294 g/mol. The number of aliphatic hydroxyl groups is 1. The lowest BCUT2D eigenvalue weighted by molar-refractivity contribution is -0.0377. The molecule has 1 aliphatic heterocycles. The van der Waals surface area contributed by atoms with E-state index in [9.17, 15) is 9.90 Å². The Morgan fingerprint density at radius 2 is 2.09 bits per heavy atom. The van der Waals surface area contributed by atoms with Crippen LogP contribution in [0.3, 0.4) is 0 Å². The molecular formula is C17H23N3O3. The summed E-state index contributed by atoms with van der Waals surface area (Å²) < 4.78 is 5.39. The van der Waals surface area contributed by atoms with Crippen LogP contribution < -0.4 is 0 Å². The zero-order valence-electron chi connectivity index (χ0n) is 13.8. The molecule has 0 bridgehead atoms. The minimum Gasteiger partial charge on any atom is -0.444 e. The number of carbonyl (C=O) groups excluding carboxylic acids is 1. The minimum atomic E-state index is -0.959. The molecule has 2 aromatic heterocycles. The average Bonchev–Trinajstić information content (AvgIpc) is 2.91. The molecule has 0 radical (unpaired) electrons. The smallest absolute Gasteiger partial charge is 0.410 e. The number of likely N-dealkylation sites (tertiary alicyclic amines) is 1. The Kier molecular flexibility index (Phi) is 3.80. The molecule has 3 heterocycles. The summed E-state index contributed by atoms with van der Waals surface area (Å²) in [6, 6.07) is 5.77. The third kappa shape index (κ3) is 3.32. The lowest BCUT2D eigenvalue weighted by atomic mass is 9.88. The van der Waals surface area contributed by atoms with Gasteiger partial charge in [0.05, 0.1) is 0 Å². The topological polar surface area (TPSA) is 78.4 Å². The molecule has 0 saturated carbocycles. The van der Waals surface area contributed by atoms with E-state index < -0.39 is 11.2 Å². The molecule has 2 N–H and O–H groups in total. The van der Waals surface area contributed by atoms with Gasteiger partial charge in [0.1, 0.15) is 16.8 Å². The number of carbonyl (C=O) groups is 1. The van der Waals surface area contributed by atoms with Crippen LogP contribution >= 0.6 is 0 Å². The summed E-state index contributed by atoms with van der Waals surface area (Å²) in [4.78, 5) is 21.2. The van der Waals surface area contributed by atoms with Gasteiger partial charge in [-0.25, -0.2) is 9.78 Å². The van der Waals surface area contributed by atoms with Crippen molar-refractivity contribution < 1.29 is 14.6 Å². The fourth-order valence-corrected chi connectivity index (χ4v) is 2.86. The highest BCUT2D eigenvalue weighted by Gasteiger charge is 2.37. The minimum absolute atomic E-state index is 0.321. The molecule has 124 valence electrons. The Hall–Kier alpha value is -2.08. The van der Waals surface area contributed by atoms with Gasteiger partial charge in [-0.1, -0.05) is 0 Å². The zero-order valence-corrected chi connectivity index (χ0v) is 13.8. The van der Waals surface area contributed by atoms with Gasteiger partial charge in [-0.3, -0.25) is 0 Å². The first-order chi connectivity index (χ1) is 10.8. The number of pyridine rings is 1. The molecule has 0 spiro atoms. The molecule has 3 rings (SSSR count). The molecule has 1 saturated heterocycles. The van der Waals surface area contributed by atoms with E-state index >= 15 is 0 Å². The van der Waals surface area contributed by atoms with Crippen molar-refractivity contribution >= 4 is 17.1 Å². The highest BCUT2D eigenvalue weighted by Crippen LogP contribution is 2.34. The van der Waals surface area contributed by atoms with Crippen LogP contribution in [-0.2, 0) is 10.3 Å². The Morgan fingerprint density at radius 3 is 2.70 bits per heavy atom. The number of nitrogens with one attached hydrogen (secondary N) is 1. The standard InChI is InChI=1S/C17H23N3O3/c1-16(2,3)23-15(21)20-9-6-17(22,7-10-20)13-11-12-5-4-8-18-14(12)19-13/h4-5,8,11,22H,6-7,9-10H2,1-3H3,(H,18,19). The van der Waals surface area contributed by atoms with E-state index in [1.165, 1.54) is 0 Å². The van der Waals surface area contributed by atoms with Crippen LogP contribution in [0.1, 0.15) is 39.3 Å². The van der Waals surface area contributed by atoms with E-state index in [1.807, 2.05) is 39.0 Å². The molecule has 1 aliphatic rings. The third-order valence-corrected chi connectivity index (χ3v) is 4.14. The quantitative estimate of drug-likeness (QED) is 0.848. The Morgan fingerprint density at radius 1 is 1.39 bits per heavy atom. The fraction of sp³-hybridized carbons (Fsp3) is 0.529. The maximum atomic E-state index is 12.1. The van der Waals surface area contributed by atoms with Crippen LogP contribution in [0.15, 0.2) is 24.4 Å². The molecule has 1 fully saturated rings. The third-order valence-electron chi connectivity index (χ3n) is 4.14. The lowest BCUT2D eigenvalue weighted by Crippen LogP contribution is -2.46. The van der Waals surface area contributed by atoms with Gasteiger partial charge in [0, 0.05) is 30.4 Å².